The molecule has 0 bridgehead atoms. The molecule has 1 atom stereocenters. The first-order valence-electron chi connectivity index (χ1n) is 5.39. The lowest BCUT2D eigenvalue weighted by Gasteiger charge is -2.18. The summed E-state index contributed by atoms with van der Waals surface area (Å²) in [6, 6.07) is 6.38. The predicted molar refractivity (Wildman–Crippen MR) is 73.8 cm³/mol. The average Bonchev–Trinajstić information content (AvgIpc) is 2.24. The number of aryl methyl sites for hydroxylation is 1. The minimum absolute atomic E-state index is 0.410. The summed E-state index contributed by atoms with van der Waals surface area (Å²) in [7, 11) is 0. The van der Waals surface area contributed by atoms with Crippen LogP contribution in [0.3, 0.4) is 0 Å². The van der Waals surface area contributed by atoms with E-state index in [-0.39, 0.29) is 0 Å². The molecule has 0 aromatic heterocycles. The van der Waals surface area contributed by atoms with Gasteiger partial charge in [0.15, 0.2) is 5.17 Å². The number of nitrogens with zero attached hydrogens (tertiary/aromatic N) is 1. The monoisotopic (exact) mass is 254 g/mol. The van der Waals surface area contributed by atoms with Gasteiger partial charge in [-0.15, -0.1) is 0 Å². The number of nitrogens with one attached hydrogen (secondary N) is 1. The van der Waals surface area contributed by atoms with E-state index in [0.29, 0.717) is 6.04 Å². The van der Waals surface area contributed by atoms with Gasteiger partial charge in [0.25, 0.3) is 0 Å². The van der Waals surface area contributed by atoms with E-state index in [0.717, 1.165) is 28.1 Å². The van der Waals surface area contributed by atoms with Crippen molar-refractivity contribution in [2.24, 2.45) is 4.99 Å². The molecule has 1 heterocycles. The maximum Gasteiger partial charge on any atom is 0.161 e. The number of halogens is 1. The van der Waals surface area contributed by atoms with Crippen molar-refractivity contribution in [1.82, 2.24) is 0 Å². The van der Waals surface area contributed by atoms with Crippen molar-refractivity contribution in [2.75, 3.05) is 11.1 Å². The molecule has 1 aliphatic rings. The Hall–Kier alpha value is -0.670. The lowest BCUT2D eigenvalue weighted by molar-refractivity contribution is 0.720. The van der Waals surface area contributed by atoms with Crippen molar-refractivity contribution >= 4 is 34.2 Å². The summed E-state index contributed by atoms with van der Waals surface area (Å²) >= 11 is 7.88. The molecule has 16 heavy (non-hydrogen) atoms. The standard InChI is InChI=1S/C12H15ClN2S/c1-8-3-4-10(13)11(7-8)15-12-14-9(2)5-6-16-12/h3-4,7,9H,5-6H2,1-2H3,(H,14,15). The van der Waals surface area contributed by atoms with Crippen LogP contribution in [0.15, 0.2) is 23.2 Å². The van der Waals surface area contributed by atoms with Crippen LogP contribution in [0.25, 0.3) is 0 Å². The smallest absolute Gasteiger partial charge is 0.161 e. The van der Waals surface area contributed by atoms with Crippen molar-refractivity contribution in [3.63, 3.8) is 0 Å². The predicted octanol–water partition coefficient (Wildman–Crippen LogP) is 3.94. The fraction of sp³-hybridized carbons (Fsp3) is 0.417. The number of aliphatic imine (C=N–C) groups is 1. The van der Waals surface area contributed by atoms with E-state index >= 15 is 0 Å². The van der Waals surface area contributed by atoms with Gasteiger partial charge in [0, 0.05) is 5.75 Å². The SMILES string of the molecule is Cc1ccc(Cl)c(NC2=NC(C)CCS2)c1. The van der Waals surface area contributed by atoms with Gasteiger partial charge in [-0.2, -0.15) is 0 Å². The summed E-state index contributed by atoms with van der Waals surface area (Å²) in [4.78, 5) is 4.56. The fourth-order valence-corrected chi connectivity index (χ4v) is 2.80. The molecule has 2 nitrogen and oxygen atoms in total. The molecule has 0 spiro atoms. The quantitative estimate of drug-likeness (QED) is 0.821. The van der Waals surface area contributed by atoms with Crippen molar-refractivity contribution in [1.29, 1.82) is 0 Å². The first kappa shape index (κ1) is 11.8. The van der Waals surface area contributed by atoms with Gasteiger partial charge >= 0.3 is 0 Å². The van der Waals surface area contributed by atoms with E-state index in [1.54, 1.807) is 11.8 Å². The number of hydrogen-bond acceptors (Lipinski definition) is 3. The van der Waals surface area contributed by atoms with E-state index in [2.05, 4.69) is 24.2 Å². The molecule has 1 aromatic carbocycles. The topological polar surface area (TPSA) is 24.4 Å². The molecule has 2 rings (SSSR count). The van der Waals surface area contributed by atoms with E-state index in [1.165, 1.54) is 5.56 Å². The first-order chi connectivity index (χ1) is 7.65. The minimum Gasteiger partial charge on any atom is -0.334 e. The van der Waals surface area contributed by atoms with Gasteiger partial charge in [-0.3, -0.25) is 4.99 Å². The van der Waals surface area contributed by atoms with Crippen LogP contribution < -0.4 is 5.32 Å². The number of thioether (sulfide) groups is 1. The molecule has 0 saturated heterocycles. The molecular formula is C12H15ClN2S. The summed E-state index contributed by atoms with van der Waals surface area (Å²) in [5.74, 6) is 1.12. The highest BCUT2D eigenvalue weighted by Crippen LogP contribution is 2.26. The van der Waals surface area contributed by atoms with Gasteiger partial charge in [0.05, 0.1) is 16.8 Å². The largest absolute Gasteiger partial charge is 0.334 e. The van der Waals surface area contributed by atoms with Gasteiger partial charge < -0.3 is 5.32 Å². The Morgan fingerprint density at radius 3 is 3.06 bits per heavy atom. The number of anilines is 1. The molecule has 0 aliphatic carbocycles. The molecule has 0 saturated carbocycles. The Balaban J connectivity index is 2.17. The van der Waals surface area contributed by atoms with Crippen molar-refractivity contribution in [2.45, 2.75) is 26.3 Å². The summed E-state index contributed by atoms with van der Waals surface area (Å²) in [5, 5.41) is 5.02. The maximum atomic E-state index is 6.13. The van der Waals surface area contributed by atoms with Crippen molar-refractivity contribution in [3.8, 4) is 0 Å². The second-order valence-electron chi connectivity index (χ2n) is 4.03. The van der Waals surface area contributed by atoms with Gasteiger partial charge in [-0.25, -0.2) is 0 Å². The Morgan fingerprint density at radius 2 is 2.31 bits per heavy atom. The molecule has 1 unspecified atom stereocenters. The highest BCUT2D eigenvalue weighted by Gasteiger charge is 2.12. The summed E-state index contributed by atoms with van der Waals surface area (Å²) in [5.41, 5.74) is 2.14. The second kappa shape index (κ2) is 5.11. The number of amidine groups is 1. The summed E-state index contributed by atoms with van der Waals surface area (Å²) < 4.78 is 0. The fourth-order valence-electron chi connectivity index (χ4n) is 1.55. The highest BCUT2D eigenvalue weighted by atomic mass is 35.5. The molecular weight excluding hydrogens is 240 g/mol. The normalized spacial score (nSPS) is 20.4. The third kappa shape index (κ3) is 2.92. The Morgan fingerprint density at radius 1 is 1.50 bits per heavy atom. The lowest BCUT2D eigenvalue weighted by Crippen LogP contribution is -2.18. The van der Waals surface area contributed by atoms with Crippen LogP contribution in [0.4, 0.5) is 5.69 Å². The number of rotatable bonds is 1. The van der Waals surface area contributed by atoms with Crippen molar-refractivity contribution in [3.05, 3.63) is 28.8 Å². The average molecular weight is 255 g/mol. The van der Waals surface area contributed by atoms with E-state index in [9.17, 15) is 0 Å². The van der Waals surface area contributed by atoms with Crippen LogP contribution in [0.2, 0.25) is 5.02 Å². The maximum absolute atomic E-state index is 6.13. The van der Waals surface area contributed by atoms with Gasteiger partial charge in [0.2, 0.25) is 0 Å². The zero-order chi connectivity index (χ0) is 11.5. The van der Waals surface area contributed by atoms with Crippen molar-refractivity contribution < 1.29 is 0 Å². The Labute approximate surface area is 105 Å². The number of hydrogen-bond donors (Lipinski definition) is 1. The molecule has 1 aliphatic heterocycles. The lowest BCUT2D eigenvalue weighted by atomic mass is 10.2. The molecule has 4 heteroatoms. The zero-order valence-electron chi connectivity index (χ0n) is 9.46. The van der Waals surface area contributed by atoms with Gasteiger partial charge in [-0.1, -0.05) is 29.4 Å². The first-order valence-corrected chi connectivity index (χ1v) is 6.75. The van der Waals surface area contributed by atoms with Crippen LogP contribution >= 0.6 is 23.4 Å². The van der Waals surface area contributed by atoms with Crippen LogP contribution in [-0.2, 0) is 0 Å². The third-order valence-corrected chi connectivity index (χ3v) is 3.73. The van der Waals surface area contributed by atoms with Crippen LogP contribution in [0.1, 0.15) is 18.9 Å². The summed E-state index contributed by atoms with van der Waals surface area (Å²) in [6.07, 6.45) is 1.15. The highest BCUT2D eigenvalue weighted by molar-refractivity contribution is 8.14. The van der Waals surface area contributed by atoms with Crippen LogP contribution in [-0.4, -0.2) is 17.0 Å². The minimum atomic E-state index is 0.410. The summed E-state index contributed by atoms with van der Waals surface area (Å²) in [6.45, 7) is 4.19. The molecule has 0 amide bonds. The third-order valence-electron chi connectivity index (χ3n) is 2.48. The van der Waals surface area contributed by atoms with E-state index in [4.69, 9.17) is 11.6 Å². The van der Waals surface area contributed by atoms with E-state index < -0.39 is 0 Å². The Bertz CT molecular complexity index is 417. The van der Waals surface area contributed by atoms with E-state index in [1.807, 2.05) is 18.2 Å². The van der Waals surface area contributed by atoms with Gasteiger partial charge in [0.1, 0.15) is 0 Å². The second-order valence-corrected chi connectivity index (χ2v) is 5.52. The molecule has 86 valence electrons. The van der Waals surface area contributed by atoms with Gasteiger partial charge in [-0.05, 0) is 38.0 Å². The molecule has 0 radical (unpaired) electrons. The van der Waals surface area contributed by atoms with Crippen LogP contribution in [0.5, 0.6) is 0 Å². The Kier molecular flexibility index (Phi) is 3.77. The van der Waals surface area contributed by atoms with Crippen LogP contribution in [0, 0.1) is 6.92 Å². The molecule has 0 fully saturated rings. The molecule has 1 N–H and O–H groups in total. The zero-order valence-corrected chi connectivity index (χ0v) is 11.0. The molecule has 1 aromatic rings. The number of benzene rings is 1.